The van der Waals surface area contributed by atoms with Crippen LogP contribution in [0.3, 0.4) is 0 Å². The number of benzene rings is 1. The number of allylic oxidation sites excluding steroid dienone is 2. The van der Waals surface area contributed by atoms with Crippen molar-refractivity contribution >= 4 is 23.7 Å². The van der Waals surface area contributed by atoms with Gasteiger partial charge < -0.3 is 10.0 Å². The van der Waals surface area contributed by atoms with Gasteiger partial charge in [0.25, 0.3) is 5.91 Å². The van der Waals surface area contributed by atoms with E-state index >= 15 is 0 Å². The fourth-order valence-electron chi connectivity index (χ4n) is 2.22. The molecule has 1 aliphatic rings. The van der Waals surface area contributed by atoms with Crippen molar-refractivity contribution in [2.45, 2.75) is 12.8 Å². The van der Waals surface area contributed by atoms with E-state index in [1.807, 2.05) is 18.2 Å². The molecule has 0 radical (unpaired) electrons. The Morgan fingerprint density at radius 3 is 2.29 bits per heavy atom. The number of hydrogen-bond donors (Lipinski definition) is 1. The number of carbonyl (C=O) groups excluding carboxylic acids is 1. The van der Waals surface area contributed by atoms with Gasteiger partial charge in [0, 0.05) is 7.05 Å². The number of hydrogen-bond acceptors (Lipinski definition) is 3. The molecule has 1 aromatic carbocycles. The predicted molar refractivity (Wildman–Crippen MR) is 89.1 cm³/mol. The Morgan fingerprint density at radius 2 is 1.86 bits per heavy atom. The fraction of sp³-hybridized carbons (Fsp3) is 0.235. The zero-order chi connectivity index (χ0) is 15.4. The second-order valence-electron chi connectivity index (χ2n) is 4.96. The smallest absolute Gasteiger partial charge is 0.260 e. The lowest BCUT2D eigenvalue weighted by Gasteiger charge is -2.10. The number of carbonyl (C=O) groups is 1. The highest BCUT2D eigenvalue weighted by molar-refractivity contribution is 8.04. The maximum atomic E-state index is 12.0. The topological polar surface area (TPSA) is 40.5 Å². The average Bonchev–Trinajstić information content (AvgIpc) is 2.76. The minimum Gasteiger partial charge on any atom is -0.507 e. The Balaban J connectivity index is 2.43. The quantitative estimate of drug-likeness (QED) is 0.670. The van der Waals surface area contributed by atoms with Crippen LogP contribution in [0.25, 0.3) is 6.08 Å². The van der Waals surface area contributed by atoms with E-state index in [0.717, 1.165) is 21.6 Å². The molecule has 3 nitrogen and oxygen atoms in total. The summed E-state index contributed by atoms with van der Waals surface area (Å²) in [5.74, 6) is 1.02. The molecule has 1 saturated heterocycles. The Bertz CT molecular complexity index is 588. The lowest BCUT2D eigenvalue weighted by molar-refractivity contribution is -0.123. The zero-order valence-corrected chi connectivity index (χ0v) is 12.9. The molecule has 110 valence electrons. The SMILES string of the molecule is C=CCc1cc(/C=C2\SCN(C)C2=O)cc(CC=C)c1O. The molecule has 1 aliphatic heterocycles. The van der Waals surface area contributed by atoms with Crippen LogP contribution >= 0.6 is 11.8 Å². The largest absolute Gasteiger partial charge is 0.507 e. The van der Waals surface area contributed by atoms with Crippen LogP contribution in [0.2, 0.25) is 0 Å². The van der Waals surface area contributed by atoms with E-state index in [1.165, 1.54) is 11.8 Å². The number of thioether (sulfide) groups is 1. The van der Waals surface area contributed by atoms with E-state index in [0.29, 0.717) is 24.5 Å². The van der Waals surface area contributed by atoms with Crippen molar-refractivity contribution < 1.29 is 9.90 Å². The highest BCUT2D eigenvalue weighted by Gasteiger charge is 2.23. The summed E-state index contributed by atoms with van der Waals surface area (Å²) in [6.45, 7) is 7.43. The molecule has 1 fully saturated rings. The standard InChI is InChI=1S/C17H19NO2S/c1-4-6-13-8-12(9-14(7-5-2)16(13)19)10-15-17(20)18(3)11-21-15/h4-5,8-10,19H,1-2,6-7,11H2,3H3/b15-10-. The van der Waals surface area contributed by atoms with Crippen molar-refractivity contribution in [3.05, 3.63) is 59.0 Å². The molecule has 1 amide bonds. The summed E-state index contributed by atoms with van der Waals surface area (Å²) in [5, 5.41) is 10.2. The summed E-state index contributed by atoms with van der Waals surface area (Å²) >= 11 is 1.53. The van der Waals surface area contributed by atoms with Gasteiger partial charge in [-0.2, -0.15) is 0 Å². The summed E-state index contributed by atoms with van der Waals surface area (Å²) < 4.78 is 0. The van der Waals surface area contributed by atoms with Crippen LogP contribution in [0, 0.1) is 0 Å². The molecule has 4 heteroatoms. The van der Waals surface area contributed by atoms with Gasteiger partial charge in [-0.3, -0.25) is 4.79 Å². The Labute approximate surface area is 129 Å². The highest BCUT2D eigenvalue weighted by Crippen LogP contribution is 2.31. The molecular weight excluding hydrogens is 282 g/mol. The van der Waals surface area contributed by atoms with Gasteiger partial charge in [-0.15, -0.1) is 13.2 Å². The molecule has 0 atom stereocenters. The number of phenols is 1. The van der Waals surface area contributed by atoms with Crippen molar-refractivity contribution in [2.24, 2.45) is 0 Å². The third kappa shape index (κ3) is 3.39. The first kappa shape index (κ1) is 15.4. The maximum Gasteiger partial charge on any atom is 0.260 e. The van der Waals surface area contributed by atoms with Gasteiger partial charge in [0.15, 0.2) is 0 Å². The van der Waals surface area contributed by atoms with Crippen LogP contribution in [0.4, 0.5) is 0 Å². The lowest BCUT2D eigenvalue weighted by atomic mass is 9.99. The minimum atomic E-state index is 0.0450. The first-order valence-corrected chi connectivity index (χ1v) is 7.72. The Morgan fingerprint density at radius 1 is 1.29 bits per heavy atom. The van der Waals surface area contributed by atoms with Crippen molar-refractivity contribution in [3.8, 4) is 5.75 Å². The molecule has 21 heavy (non-hydrogen) atoms. The third-order valence-corrected chi connectivity index (χ3v) is 4.41. The number of rotatable bonds is 5. The molecule has 0 unspecified atom stereocenters. The Kier molecular flexibility index (Phi) is 4.91. The van der Waals surface area contributed by atoms with Gasteiger partial charge in [-0.25, -0.2) is 0 Å². The van der Waals surface area contributed by atoms with Crippen LogP contribution < -0.4 is 0 Å². The van der Waals surface area contributed by atoms with Crippen molar-refractivity contribution in [1.29, 1.82) is 0 Å². The van der Waals surface area contributed by atoms with Gasteiger partial charge in [-0.1, -0.05) is 23.9 Å². The molecule has 1 aromatic rings. The monoisotopic (exact) mass is 301 g/mol. The second-order valence-corrected chi connectivity index (χ2v) is 5.95. The fourth-order valence-corrected chi connectivity index (χ4v) is 3.17. The number of nitrogens with zero attached hydrogens (tertiary/aromatic N) is 1. The third-order valence-electron chi connectivity index (χ3n) is 3.29. The van der Waals surface area contributed by atoms with Crippen molar-refractivity contribution in [2.75, 3.05) is 12.9 Å². The molecule has 1 heterocycles. The van der Waals surface area contributed by atoms with Gasteiger partial charge in [-0.05, 0) is 47.7 Å². The van der Waals surface area contributed by atoms with E-state index in [-0.39, 0.29) is 5.91 Å². The maximum absolute atomic E-state index is 12.0. The van der Waals surface area contributed by atoms with E-state index in [2.05, 4.69) is 13.2 Å². The average molecular weight is 301 g/mol. The van der Waals surface area contributed by atoms with Gasteiger partial charge in [0.05, 0.1) is 10.8 Å². The molecule has 0 spiro atoms. The van der Waals surface area contributed by atoms with Crippen LogP contribution in [0.5, 0.6) is 5.75 Å². The highest BCUT2D eigenvalue weighted by atomic mass is 32.2. The van der Waals surface area contributed by atoms with Crippen molar-refractivity contribution in [1.82, 2.24) is 4.90 Å². The molecule has 2 rings (SSSR count). The predicted octanol–water partition coefficient (Wildman–Crippen LogP) is 3.35. The van der Waals surface area contributed by atoms with E-state index in [9.17, 15) is 9.90 Å². The summed E-state index contributed by atoms with van der Waals surface area (Å²) in [6, 6.07) is 3.81. The lowest BCUT2D eigenvalue weighted by Crippen LogP contribution is -2.18. The van der Waals surface area contributed by atoms with Gasteiger partial charge in [0.2, 0.25) is 0 Å². The second kappa shape index (κ2) is 6.68. The van der Waals surface area contributed by atoms with E-state index < -0.39 is 0 Å². The number of aromatic hydroxyl groups is 1. The molecule has 1 N–H and O–H groups in total. The molecule has 0 saturated carbocycles. The van der Waals surface area contributed by atoms with Gasteiger partial charge >= 0.3 is 0 Å². The summed E-state index contributed by atoms with van der Waals surface area (Å²) in [7, 11) is 1.79. The summed E-state index contributed by atoms with van der Waals surface area (Å²) in [5.41, 5.74) is 2.56. The summed E-state index contributed by atoms with van der Waals surface area (Å²) in [6.07, 6.45) is 6.58. The molecule has 0 aliphatic carbocycles. The number of phenolic OH excluding ortho intramolecular Hbond substituents is 1. The van der Waals surface area contributed by atoms with Crippen molar-refractivity contribution in [3.63, 3.8) is 0 Å². The molecule has 0 bridgehead atoms. The number of likely N-dealkylation sites (N-methyl/N-ethyl adjacent to an activating group) is 1. The normalized spacial score (nSPS) is 16.5. The van der Waals surface area contributed by atoms with E-state index in [1.54, 1.807) is 24.1 Å². The Hall–Kier alpha value is -1.94. The van der Waals surface area contributed by atoms with E-state index in [4.69, 9.17) is 0 Å². The van der Waals surface area contributed by atoms with Gasteiger partial charge in [0.1, 0.15) is 5.75 Å². The van der Waals surface area contributed by atoms with Crippen LogP contribution in [-0.2, 0) is 17.6 Å². The first-order valence-electron chi connectivity index (χ1n) is 6.73. The van der Waals surface area contributed by atoms with Crippen LogP contribution in [0.15, 0.2) is 42.3 Å². The van der Waals surface area contributed by atoms with Crippen LogP contribution in [0.1, 0.15) is 16.7 Å². The molecule has 0 aromatic heterocycles. The summed E-state index contributed by atoms with van der Waals surface area (Å²) in [4.78, 5) is 14.4. The number of amides is 1. The zero-order valence-electron chi connectivity index (χ0n) is 12.1. The first-order chi connectivity index (χ1) is 10.1. The minimum absolute atomic E-state index is 0.0450. The molecular formula is C17H19NO2S. The van der Waals surface area contributed by atoms with Crippen LogP contribution in [-0.4, -0.2) is 28.8 Å².